The second-order valence-electron chi connectivity index (χ2n) is 7.70. The Kier molecular flexibility index (Phi) is 4.80. The Morgan fingerprint density at radius 2 is 2.04 bits per heavy atom. The number of carbonyl (C=O) groups is 2. The number of ether oxygens (including phenoxy) is 1. The molecule has 0 N–H and O–H groups in total. The molecule has 2 aromatic rings. The Balaban J connectivity index is 1.64. The summed E-state index contributed by atoms with van der Waals surface area (Å²) in [6.45, 7) is 5.97. The SMILES string of the molecule is COC(=O)C(=O)N1CC(C)CCC1c1ccc2sc(N3CC[C@H]3C)nc2c1. The molecule has 3 heterocycles. The van der Waals surface area contributed by atoms with Crippen molar-refractivity contribution in [3.8, 4) is 0 Å². The first-order valence-corrected chi connectivity index (χ1v) is 10.4. The van der Waals surface area contributed by atoms with Gasteiger partial charge in [-0.3, -0.25) is 4.79 Å². The van der Waals surface area contributed by atoms with Crippen LogP contribution in [-0.2, 0) is 14.3 Å². The average Bonchev–Trinajstić information content (AvgIpc) is 3.07. The quantitative estimate of drug-likeness (QED) is 0.584. The monoisotopic (exact) mass is 387 g/mol. The van der Waals surface area contributed by atoms with Crippen molar-refractivity contribution >= 4 is 38.6 Å². The molecule has 0 radical (unpaired) electrons. The number of rotatable bonds is 2. The molecule has 144 valence electrons. The molecule has 1 aromatic carbocycles. The number of aromatic nitrogens is 1. The molecule has 0 bridgehead atoms. The summed E-state index contributed by atoms with van der Waals surface area (Å²) in [4.78, 5) is 33.2. The van der Waals surface area contributed by atoms with E-state index in [-0.39, 0.29) is 6.04 Å². The van der Waals surface area contributed by atoms with Crippen molar-refractivity contribution in [2.75, 3.05) is 25.1 Å². The highest BCUT2D eigenvalue weighted by Gasteiger charge is 2.35. The third-order valence-corrected chi connectivity index (χ3v) is 6.86. The van der Waals surface area contributed by atoms with Gasteiger partial charge in [0.1, 0.15) is 0 Å². The first kappa shape index (κ1) is 18.2. The average molecular weight is 388 g/mol. The zero-order valence-electron chi connectivity index (χ0n) is 16.0. The molecule has 3 atom stereocenters. The van der Waals surface area contributed by atoms with E-state index in [9.17, 15) is 9.59 Å². The molecule has 6 nitrogen and oxygen atoms in total. The van der Waals surface area contributed by atoms with Gasteiger partial charge in [-0.2, -0.15) is 0 Å². The molecule has 0 aliphatic carbocycles. The maximum Gasteiger partial charge on any atom is 0.396 e. The maximum atomic E-state index is 12.5. The number of fused-ring (bicyclic) bond motifs is 1. The number of nitrogens with zero attached hydrogens (tertiary/aromatic N) is 3. The molecule has 4 rings (SSSR count). The van der Waals surface area contributed by atoms with Gasteiger partial charge in [-0.15, -0.1) is 0 Å². The molecule has 27 heavy (non-hydrogen) atoms. The third-order valence-electron chi connectivity index (χ3n) is 5.79. The van der Waals surface area contributed by atoms with Gasteiger partial charge in [-0.25, -0.2) is 9.78 Å². The first-order valence-electron chi connectivity index (χ1n) is 9.54. The Hall–Kier alpha value is -2.15. The molecule has 2 saturated heterocycles. The lowest BCUT2D eigenvalue weighted by atomic mass is 9.89. The summed E-state index contributed by atoms with van der Waals surface area (Å²) in [7, 11) is 1.25. The summed E-state index contributed by atoms with van der Waals surface area (Å²) in [5.74, 6) is -0.974. The van der Waals surface area contributed by atoms with Crippen LogP contribution in [0.2, 0.25) is 0 Å². The molecular weight excluding hydrogens is 362 g/mol. The molecule has 1 aromatic heterocycles. The van der Waals surface area contributed by atoms with Crippen LogP contribution >= 0.6 is 11.3 Å². The largest absolute Gasteiger partial charge is 0.462 e. The second kappa shape index (κ2) is 7.11. The van der Waals surface area contributed by atoms with E-state index in [1.54, 1.807) is 16.2 Å². The number of amides is 1. The number of hydrogen-bond donors (Lipinski definition) is 0. The van der Waals surface area contributed by atoms with Crippen LogP contribution < -0.4 is 4.90 Å². The highest BCUT2D eigenvalue weighted by molar-refractivity contribution is 7.22. The van der Waals surface area contributed by atoms with Gasteiger partial charge in [-0.05, 0) is 49.8 Å². The van der Waals surface area contributed by atoms with Gasteiger partial charge < -0.3 is 14.5 Å². The third kappa shape index (κ3) is 3.29. The van der Waals surface area contributed by atoms with Crippen molar-refractivity contribution < 1.29 is 14.3 Å². The summed E-state index contributed by atoms with van der Waals surface area (Å²) in [5, 5.41) is 1.07. The van der Waals surface area contributed by atoms with E-state index in [0.29, 0.717) is 18.5 Å². The number of thiazole rings is 1. The number of benzene rings is 1. The van der Waals surface area contributed by atoms with Gasteiger partial charge in [0, 0.05) is 19.1 Å². The normalized spacial score (nSPS) is 25.4. The molecule has 2 aliphatic rings. The van der Waals surface area contributed by atoms with E-state index in [0.717, 1.165) is 40.3 Å². The van der Waals surface area contributed by atoms with Crippen molar-refractivity contribution in [3.63, 3.8) is 0 Å². The van der Waals surface area contributed by atoms with E-state index in [1.165, 1.54) is 13.5 Å². The minimum atomic E-state index is -0.794. The predicted octanol–water partition coefficient (Wildman–Crippen LogP) is 3.37. The smallest absolute Gasteiger partial charge is 0.396 e. The number of esters is 1. The van der Waals surface area contributed by atoms with Crippen molar-refractivity contribution in [2.45, 2.75) is 45.2 Å². The highest BCUT2D eigenvalue weighted by Crippen LogP contribution is 2.38. The fourth-order valence-electron chi connectivity index (χ4n) is 3.99. The number of methoxy groups -OCH3 is 1. The Morgan fingerprint density at radius 3 is 2.70 bits per heavy atom. The lowest BCUT2D eigenvalue weighted by Crippen LogP contribution is -2.45. The minimum absolute atomic E-state index is 0.106. The van der Waals surface area contributed by atoms with Crippen LogP contribution in [0.15, 0.2) is 18.2 Å². The van der Waals surface area contributed by atoms with Crippen molar-refractivity contribution in [2.24, 2.45) is 5.92 Å². The standard InChI is InChI=1S/C20H25N3O3S/c1-12-4-6-16(23(11-12)18(24)19(25)26-3)14-5-7-17-15(10-14)21-20(27-17)22-9-8-13(22)2/h5,7,10,12-13,16H,4,6,8-9,11H2,1-3H3/t12?,13-,16?/m1/s1. The van der Waals surface area contributed by atoms with Gasteiger partial charge in [-0.1, -0.05) is 24.3 Å². The summed E-state index contributed by atoms with van der Waals surface area (Å²) >= 11 is 1.72. The van der Waals surface area contributed by atoms with Crippen LogP contribution in [0.3, 0.4) is 0 Å². The van der Waals surface area contributed by atoms with Crippen LogP contribution in [0.5, 0.6) is 0 Å². The van der Waals surface area contributed by atoms with Crippen molar-refractivity contribution in [3.05, 3.63) is 23.8 Å². The number of anilines is 1. The maximum absolute atomic E-state index is 12.5. The van der Waals surface area contributed by atoms with Gasteiger partial charge in [0.05, 0.1) is 23.4 Å². The first-order chi connectivity index (χ1) is 13.0. The Bertz CT molecular complexity index is 880. The second-order valence-corrected chi connectivity index (χ2v) is 8.71. The van der Waals surface area contributed by atoms with Crippen LogP contribution in [0, 0.1) is 5.92 Å². The van der Waals surface area contributed by atoms with Crippen LogP contribution in [0.1, 0.15) is 44.7 Å². The molecular formula is C20H25N3O3S. The molecule has 0 saturated carbocycles. The minimum Gasteiger partial charge on any atom is -0.462 e. The summed E-state index contributed by atoms with van der Waals surface area (Å²) in [6.07, 6.45) is 3.09. The summed E-state index contributed by atoms with van der Waals surface area (Å²) in [6, 6.07) is 6.69. The lowest BCUT2D eigenvalue weighted by Gasteiger charge is -2.38. The van der Waals surface area contributed by atoms with Gasteiger partial charge in [0.2, 0.25) is 0 Å². The molecule has 2 aliphatic heterocycles. The lowest BCUT2D eigenvalue weighted by molar-refractivity contribution is -0.160. The number of carbonyl (C=O) groups excluding carboxylic acids is 2. The van der Waals surface area contributed by atoms with E-state index >= 15 is 0 Å². The van der Waals surface area contributed by atoms with E-state index in [1.807, 2.05) is 0 Å². The summed E-state index contributed by atoms with van der Waals surface area (Å²) in [5.41, 5.74) is 2.01. The van der Waals surface area contributed by atoms with Crippen LogP contribution in [0.25, 0.3) is 10.2 Å². The van der Waals surface area contributed by atoms with Crippen LogP contribution in [0.4, 0.5) is 5.13 Å². The van der Waals surface area contributed by atoms with E-state index in [4.69, 9.17) is 4.98 Å². The fourth-order valence-corrected chi connectivity index (χ4v) is 5.07. The van der Waals surface area contributed by atoms with Crippen LogP contribution in [-0.4, -0.2) is 48.0 Å². The summed E-state index contributed by atoms with van der Waals surface area (Å²) < 4.78 is 5.82. The zero-order valence-corrected chi connectivity index (χ0v) is 16.8. The molecule has 7 heteroatoms. The Morgan fingerprint density at radius 1 is 1.22 bits per heavy atom. The van der Waals surface area contributed by atoms with Gasteiger partial charge in [0.25, 0.3) is 0 Å². The molecule has 0 spiro atoms. The molecule has 1 amide bonds. The van der Waals surface area contributed by atoms with Crippen molar-refractivity contribution in [1.29, 1.82) is 0 Å². The zero-order chi connectivity index (χ0) is 19.1. The fraction of sp³-hybridized carbons (Fsp3) is 0.550. The predicted molar refractivity (Wildman–Crippen MR) is 106 cm³/mol. The number of piperidine rings is 1. The van der Waals surface area contributed by atoms with E-state index in [2.05, 4.69) is 41.7 Å². The van der Waals surface area contributed by atoms with Crippen molar-refractivity contribution in [1.82, 2.24) is 9.88 Å². The topological polar surface area (TPSA) is 62.7 Å². The van der Waals surface area contributed by atoms with Gasteiger partial charge >= 0.3 is 11.9 Å². The van der Waals surface area contributed by atoms with Gasteiger partial charge in [0.15, 0.2) is 5.13 Å². The Labute approximate surface area is 163 Å². The molecule has 2 fully saturated rings. The van der Waals surface area contributed by atoms with E-state index < -0.39 is 11.9 Å². The molecule has 2 unspecified atom stereocenters. The number of likely N-dealkylation sites (tertiary alicyclic amines) is 1. The number of hydrogen-bond acceptors (Lipinski definition) is 6. The highest BCUT2D eigenvalue weighted by atomic mass is 32.1.